The second-order valence-corrected chi connectivity index (χ2v) is 7.91. The lowest BCUT2D eigenvalue weighted by Gasteiger charge is -2.10. The molecule has 0 atom stereocenters. The molecular weight excluding hydrogens is 498 g/mol. The Hall–Kier alpha value is -2.77. The number of rotatable bonds is 6. The van der Waals surface area contributed by atoms with E-state index in [4.69, 9.17) is 55.9 Å². The summed E-state index contributed by atoms with van der Waals surface area (Å²) < 4.78 is 10.7. The Kier molecular flexibility index (Phi) is 7.99. The van der Waals surface area contributed by atoms with Gasteiger partial charge in [-0.3, -0.25) is 4.79 Å². The average molecular weight is 512 g/mol. The summed E-state index contributed by atoms with van der Waals surface area (Å²) in [6.45, 7) is 0. The van der Waals surface area contributed by atoms with Crippen LogP contribution in [0.2, 0.25) is 20.1 Å². The number of benzene rings is 3. The van der Waals surface area contributed by atoms with Gasteiger partial charge in [0.05, 0.1) is 39.5 Å². The monoisotopic (exact) mass is 510 g/mol. The molecule has 0 aliphatic heterocycles. The van der Waals surface area contributed by atoms with Gasteiger partial charge >= 0.3 is 5.97 Å². The number of hydrogen-bond acceptors (Lipinski definition) is 5. The lowest BCUT2D eigenvalue weighted by molar-refractivity contribution is 0.0729. The van der Waals surface area contributed by atoms with Gasteiger partial charge in [-0.05, 0) is 60.2 Å². The van der Waals surface area contributed by atoms with Crippen LogP contribution >= 0.6 is 46.4 Å². The van der Waals surface area contributed by atoms with Crippen LogP contribution in [0, 0.1) is 0 Å². The first-order valence-electron chi connectivity index (χ1n) is 8.92. The molecule has 0 aromatic heterocycles. The standard InChI is InChI=1S/C22H14Cl4N2O4/c1-31-20-8-12(11-27-28-21(29)15-5-4-14(23)10-17(15)25)2-7-19(20)32-22(30)13-3-6-16(24)18(26)9-13/h2-11H,1H3,(H,28,29)/b27-11-. The van der Waals surface area contributed by atoms with Gasteiger partial charge in [-0.1, -0.05) is 46.4 Å². The van der Waals surface area contributed by atoms with E-state index in [9.17, 15) is 9.59 Å². The number of nitrogens with zero attached hydrogens (tertiary/aromatic N) is 1. The van der Waals surface area contributed by atoms with Gasteiger partial charge < -0.3 is 9.47 Å². The van der Waals surface area contributed by atoms with Crippen LogP contribution in [0.3, 0.4) is 0 Å². The normalized spacial score (nSPS) is 10.8. The molecule has 164 valence electrons. The van der Waals surface area contributed by atoms with Gasteiger partial charge in [0.1, 0.15) is 0 Å². The van der Waals surface area contributed by atoms with E-state index in [1.165, 1.54) is 49.7 Å². The lowest BCUT2D eigenvalue weighted by atomic mass is 10.2. The number of esters is 1. The van der Waals surface area contributed by atoms with Crippen molar-refractivity contribution in [1.82, 2.24) is 5.43 Å². The molecule has 0 spiro atoms. The number of carbonyl (C=O) groups is 2. The predicted molar refractivity (Wildman–Crippen MR) is 126 cm³/mol. The second kappa shape index (κ2) is 10.7. The zero-order chi connectivity index (χ0) is 23.3. The third-order valence-electron chi connectivity index (χ3n) is 4.10. The molecule has 6 nitrogen and oxygen atoms in total. The van der Waals surface area contributed by atoms with Crippen molar-refractivity contribution >= 4 is 64.5 Å². The van der Waals surface area contributed by atoms with E-state index in [2.05, 4.69) is 10.5 Å². The quantitative estimate of drug-likeness (QED) is 0.182. The summed E-state index contributed by atoms with van der Waals surface area (Å²) in [7, 11) is 1.43. The summed E-state index contributed by atoms with van der Waals surface area (Å²) in [5, 5.41) is 5.10. The van der Waals surface area contributed by atoms with Crippen molar-refractivity contribution in [2.75, 3.05) is 7.11 Å². The minimum absolute atomic E-state index is 0.192. The maximum atomic E-state index is 12.4. The van der Waals surface area contributed by atoms with Crippen molar-refractivity contribution in [2.24, 2.45) is 5.10 Å². The van der Waals surface area contributed by atoms with Crippen LogP contribution in [0.25, 0.3) is 0 Å². The zero-order valence-corrected chi connectivity index (χ0v) is 19.4. The van der Waals surface area contributed by atoms with Gasteiger partial charge in [0.2, 0.25) is 0 Å². The van der Waals surface area contributed by atoms with Gasteiger partial charge in [-0.25, -0.2) is 10.2 Å². The number of hydrogen-bond donors (Lipinski definition) is 1. The summed E-state index contributed by atoms with van der Waals surface area (Å²) in [4.78, 5) is 24.6. The molecule has 1 amide bonds. The van der Waals surface area contributed by atoms with Gasteiger partial charge in [-0.2, -0.15) is 5.10 Å². The maximum Gasteiger partial charge on any atom is 0.343 e. The summed E-state index contributed by atoms with van der Waals surface area (Å²) >= 11 is 23.6. The van der Waals surface area contributed by atoms with Gasteiger partial charge in [-0.15, -0.1) is 0 Å². The van der Waals surface area contributed by atoms with Crippen LogP contribution in [0.1, 0.15) is 26.3 Å². The van der Waals surface area contributed by atoms with Crippen LogP contribution < -0.4 is 14.9 Å². The van der Waals surface area contributed by atoms with E-state index in [0.717, 1.165) is 0 Å². The highest BCUT2D eigenvalue weighted by Gasteiger charge is 2.14. The van der Waals surface area contributed by atoms with E-state index < -0.39 is 11.9 Å². The lowest BCUT2D eigenvalue weighted by Crippen LogP contribution is -2.18. The Labute approximate surface area is 203 Å². The van der Waals surface area contributed by atoms with Crippen LogP contribution in [-0.2, 0) is 0 Å². The van der Waals surface area contributed by atoms with E-state index in [0.29, 0.717) is 15.6 Å². The molecule has 0 saturated carbocycles. The van der Waals surface area contributed by atoms with Gasteiger partial charge in [0.15, 0.2) is 11.5 Å². The molecule has 3 aromatic carbocycles. The molecule has 0 saturated heterocycles. The fourth-order valence-corrected chi connectivity index (χ4v) is 3.32. The third-order valence-corrected chi connectivity index (χ3v) is 5.39. The molecule has 0 heterocycles. The van der Waals surface area contributed by atoms with E-state index in [-0.39, 0.29) is 32.7 Å². The molecule has 0 bridgehead atoms. The van der Waals surface area contributed by atoms with Crippen molar-refractivity contribution < 1.29 is 19.1 Å². The van der Waals surface area contributed by atoms with Crippen molar-refractivity contribution in [1.29, 1.82) is 0 Å². The van der Waals surface area contributed by atoms with Crippen LogP contribution in [-0.4, -0.2) is 25.2 Å². The fourth-order valence-electron chi connectivity index (χ4n) is 2.53. The molecule has 10 heteroatoms. The molecule has 1 N–H and O–H groups in total. The molecule has 0 aliphatic carbocycles. The van der Waals surface area contributed by atoms with Gasteiger partial charge in [0.25, 0.3) is 5.91 Å². The van der Waals surface area contributed by atoms with E-state index >= 15 is 0 Å². The number of methoxy groups -OCH3 is 1. The Morgan fingerprint density at radius 2 is 1.66 bits per heavy atom. The first-order chi connectivity index (χ1) is 15.3. The highest BCUT2D eigenvalue weighted by atomic mass is 35.5. The Bertz CT molecular complexity index is 1210. The Morgan fingerprint density at radius 1 is 0.875 bits per heavy atom. The molecule has 0 unspecified atom stereocenters. The Morgan fingerprint density at radius 3 is 2.34 bits per heavy atom. The summed E-state index contributed by atoms with van der Waals surface area (Å²) in [5.41, 5.74) is 3.42. The average Bonchev–Trinajstić information content (AvgIpc) is 2.76. The molecule has 0 fully saturated rings. The maximum absolute atomic E-state index is 12.4. The molecule has 0 aliphatic rings. The molecule has 32 heavy (non-hydrogen) atoms. The SMILES string of the molecule is COc1cc(/C=N\NC(=O)c2ccc(Cl)cc2Cl)ccc1OC(=O)c1ccc(Cl)c(Cl)c1. The van der Waals surface area contributed by atoms with Gasteiger partial charge in [0, 0.05) is 5.02 Å². The number of amides is 1. The smallest absolute Gasteiger partial charge is 0.343 e. The molecule has 0 radical (unpaired) electrons. The van der Waals surface area contributed by atoms with Crippen molar-refractivity contribution in [2.45, 2.75) is 0 Å². The van der Waals surface area contributed by atoms with Crippen LogP contribution in [0.15, 0.2) is 59.7 Å². The topological polar surface area (TPSA) is 77.0 Å². The molecular formula is C22H14Cl4N2O4. The number of halogens is 4. The minimum atomic E-state index is -0.629. The number of nitrogens with one attached hydrogen (secondary N) is 1. The molecule has 3 aromatic rings. The zero-order valence-electron chi connectivity index (χ0n) is 16.4. The second-order valence-electron chi connectivity index (χ2n) is 6.25. The Balaban J connectivity index is 1.69. The van der Waals surface area contributed by atoms with Crippen LogP contribution in [0.4, 0.5) is 0 Å². The summed E-state index contributed by atoms with van der Waals surface area (Å²) in [5.74, 6) is -0.649. The summed E-state index contributed by atoms with van der Waals surface area (Å²) in [6.07, 6.45) is 1.40. The first-order valence-corrected chi connectivity index (χ1v) is 10.4. The van der Waals surface area contributed by atoms with Crippen molar-refractivity contribution in [3.8, 4) is 11.5 Å². The number of hydrazone groups is 1. The van der Waals surface area contributed by atoms with Crippen LogP contribution in [0.5, 0.6) is 11.5 Å². The predicted octanol–water partition coefficient (Wildman–Crippen LogP) is 6.29. The van der Waals surface area contributed by atoms with Crippen molar-refractivity contribution in [3.63, 3.8) is 0 Å². The first kappa shape index (κ1) is 23.9. The number of ether oxygens (including phenoxy) is 2. The summed E-state index contributed by atoms with van der Waals surface area (Å²) in [6, 6.07) is 13.7. The minimum Gasteiger partial charge on any atom is -0.493 e. The van der Waals surface area contributed by atoms with E-state index in [1.807, 2.05) is 0 Å². The highest BCUT2D eigenvalue weighted by Crippen LogP contribution is 2.29. The highest BCUT2D eigenvalue weighted by molar-refractivity contribution is 6.42. The molecule has 3 rings (SSSR count). The third kappa shape index (κ3) is 5.93. The van der Waals surface area contributed by atoms with E-state index in [1.54, 1.807) is 18.2 Å². The largest absolute Gasteiger partial charge is 0.493 e. The fraction of sp³-hybridized carbons (Fsp3) is 0.0455. The number of carbonyl (C=O) groups excluding carboxylic acids is 2. The van der Waals surface area contributed by atoms with Crippen molar-refractivity contribution in [3.05, 3.63) is 91.4 Å².